The first-order chi connectivity index (χ1) is 9.01. The highest BCUT2D eigenvalue weighted by molar-refractivity contribution is 4.94. The Bertz CT molecular complexity index is 262. The van der Waals surface area contributed by atoms with Crippen molar-refractivity contribution in [2.75, 3.05) is 19.6 Å². The fraction of sp³-hybridized carbons (Fsp3) is 1.00. The van der Waals surface area contributed by atoms with Crippen LogP contribution in [0.1, 0.15) is 66.2 Å². The van der Waals surface area contributed by atoms with Gasteiger partial charge in [0.05, 0.1) is 0 Å². The van der Waals surface area contributed by atoms with Crippen molar-refractivity contribution in [3.05, 3.63) is 0 Å². The lowest BCUT2D eigenvalue weighted by Crippen LogP contribution is -2.45. The normalized spacial score (nSPS) is 22.9. The second-order valence-electron chi connectivity index (χ2n) is 7.80. The Labute approximate surface area is 120 Å². The van der Waals surface area contributed by atoms with E-state index in [0.717, 1.165) is 12.0 Å². The Morgan fingerprint density at radius 1 is 1.11 bits per heavy atom. The van der Waals surface area contributed by atoms with Crippen LogP contribution in [-0.4, -0.2) is 36.6 Å². The highest BCUT2D eigenvalue weighted by Crippen LogP contribution is 2.41. The summed E-state index contributed by atoms with van der Waals surface area (Å²) in [5.74, 6) is 0.803. The molecule has 0 saturated heterocycles. The van der Waals surface area contributed by atoms with Crippen molar-refractivity contribution in [2.24, 2.45) is 11.3 Å². The molecule has 0 unspecified atom stereocenters. The maximum absolute atomic E-state index is 3.72. The van der Waals surface area contributed by atoms with E-state index >= 15 is 0 Å². The first-order valence-electron chi connectivity index (χ1n) is 8.48. The molecule has 2 nitrogen and oxygen atoms in total. The number of nitrogens with one attached hydrogen (secondary N) is 1. The summed E-state index contributed by atoms with van der Waals surface area (Å²) in [7, 11) is 0. The topological polar surface area (TPSA) is 15.3 Å². The number of hydrogen-bond donors (Lipinski definition) is 1. The Morgan fingerprint density at radius 3 is 2.21 bits per heavy atom. The molecule has 0 aromatic carbocycles. The van der Waals surface area contributed by atoms with Gasteiger partial charge in [0.1, 0.15) is 0 Å². The predicted octanol–water partition coefficient (Wildman–Crippen LogP) is 3.67. The average Bonchev–Trinajstić information content (AvgIpc) is 3.07. The summed E-state index contributed by atoms with van der Waals surface area (Å²) >= 11 is 0. The van der Waals surface area contributed by atoms with Crippen molar-refractivity contribution in [1.29, 1.82) is 0 Å². The van der Waals surface area contributed by atoms with Gasteiger partial charge in [-0.1, -0.05) is 40.5 Å². The zero-order chi connectivity index (χ0) is 13.9. The molecule has 2 heteroatoms. The van der Waals surface area contributed by atoms with Crippen molar-refractivity contribution in [2.45, 2.75) is 78.3 Å². The van der Waals surface area contributed by atoms with Crippen molar-refractivity contribution in [3.8, 4) is 0 Å². The fourth-order valence-electron chi connectivity index (χ4n) is 3.62. The third-order valence-electron chi connectivity index (χ3n) is 4.75. The first kappa shape index (κ1) is 15.3. The van der Waals surface area contributed by atoms with Gasteiger partial charge in [-0.15, -0.1) is 0 Å². The van der Waals surface area contributed by atoms with Gasteiger partial charge in [0.25, 0.3) is 0 Å². The highest BCUT2D eigenvalue weighted by Gasteiger charge is 2.39. The van der Waals surface area contributed by atoms with Crippen LogP contribution in [0.5, 0.6) is 0 Å². The number of nitrogens with zero attached hydrogens (tertiary/aromatic N) is 1. The third kappa shape index (κ3) is 4.75. The van der Waals surface area contributed by atoms with Gasteiger partial charge in [-0.2, -0.15) is 0 Å². The Kier molecular flexibility index (Phi) is 5.30. The lowest BCUT2D eigenvalue weighted by Gasteiger charge is -2.37. The largest absolute Gasteiger partial charge is 0.314 e. The molecule has 0 radical (unpaired) electrons. The van der Waals surface area contributed by atoms with Crippen molar-refractivity contribution >= 4 is 0 Å². The summed E-state index contributed by atoms with van der Waals surface area (Å²) in [5.41, 5.74) is 0.571. The first-order valence-corrected chi connectivity index (χ1v) is 8.48. The van der Waals surface area contributed by atoms with Crippen molar-refractivity contribution < 1.29 is 0 Å². The minimum atomic E-state index is 0.571. The molecule has 2 fully saturated rings. The third-order valence-corrected chi connectivity index (χ3v) is 4.75. The van der Waals surface area contributed by atoms with Crippen LogP contribution in [0.3, 0.4) is 0 Å². The second-order valence-corrected chi connectivity index (χ2v) is 7.80. The van der Waals surface area contributed by atoms with E-state index in [-0.39, 0.29) is 0 Å². The predicted molar refractivity (Wildman–Crippen MR) is 83.5 cm³/mol. The molecule has 19 heavy (non-hydrogen) atoms. The van der Waals surface area contributed by atoms with Crippen LogP contribution >= 0.6 is 0 Å². The van der Waals surface area contributed by atoms with E-state index in [1.807, 2.05) is 0 Å². The standard InChI is InChI=1S/C17H34N2/c1-14(2)11-19(16-7-8-16)13-17(9-5-6-10-17)12-18-15(3)4/h14-16,18H,5-13H2,1-4H3. The molecule has 2 aliphatic rings. The molecule has 1 N–H and O–H groups in total. The number of hydrogen-bond acceptors (Lipinski definition) is 2. The smallest absolute Gasteiger partial charge is 0.00967 e. The van der Waals surface area contributed by atoms with Crippen molar-refractivity contribution in [1.82, 2.24) is 10.2 Å². The van der Waals surface area contributed by atoms with Gasteiger partial charge in [0.15, 0.2) is 0 Å². The Hall–Kier alpha value is -0.0800. The lowest BCUT2D eigenvalue weighted by molar-refractivity contribution is 0.128. The van der Waals surface area contributed by atoms with Gasteiger partial charge in [-0.3, -0.25) is 4.90 Å². The van der Waals surface area contributed by atoms with Crippen LogP contribution in [0, 0.1) is 11.3 Å². The minimum absolute atomic E-state index is 0.571. The molecule has 2 rings (SSSR count). The molecule has 2 saturated carbocycles. The molecule has 112 valence electrons. The van der Waals surface area contributed by atoms with Crippen molar-refractivity contribution in [3.63, 3.8) is 0 Å². The van der Waals surface area contributed by atoms with Crippen LogP contribution in [0.25, 0.3) is 0 Å². The molecule has 0 aromatic rings. The monoisotopic (exact) mass is 266 g/mol. The van der Waals surface area contributed by atoms with Crippen LogP contribution in [0.2, 0.25) is 0 Å². The maximum Gasteiger partial charge on any atom is 0.00967 e. The van der Waals surface area contributed by atoms with Gasteiger partial charge in [0, 0.05) is 31.7 Å². The van der Waals surface area contributed by atoms with Crippen LogP contribution < -0.4 is 5.32 Å². The van der Waals surface area contributed by atoms with E-state index < -0.39 is 0 Å². The lowest BCUT2D eigenvalue weighted by atomic mass is 9.84. The van der Waals surface area contributed by atoms with Crippen LogP contribution in [0.15, 0.2) is 0 Å². The SMILES string of the molecule is CC(C)CN(CC1(CNC(C)C)CCCC1)C1CC1. The summed E-state index contributed by atoms with van der Waals surface area (Å²) in [4.78, 5) is 2.82. The van der Waals surface area contributed by atoms with Gasteiger partial charge >= 0.3 is 0 Å². The molecular weight excluding hydrogens is 232 g/mol. The molecule has 0 bridgehead atoms. The molecular formula is C17H34N2. The molecule has 0 aliphatic heterocycles. The van der Waals surface area contributed by atoms with Crippen LogP contribution in [0.4, 0.5) is 0 Å². The highest BCUT2D eigenvalue weighted by atomic mass is 15.2. The summed E-state index contributed by atoms with van der Waals surface area (Å²) in [5, 5.41) is 3.72. The van der Waals surface area contributed by atoms with E-state index in [4.69, 9.17) is 0 Å². The van der Waals surface area contributed by atoms with Gasteiger partial charge < -0.3 is 5.32 Å². The quantitative estimate of drug-likeness (QED) is 0.721. The fourth-order valence-corrected chi connectivity index (χ4v) is 3.62. The van der Waals surface area contributed by atoms with E-state index in [1.54, 1.807) is 0 Å². The van der Waals surface area contributed by atoms with E-state index in [2.05, 4.69) is 37.9 Å². The van der Waals surface area contributed by atoms with E-state index in [9.17, 15) is 0 Å². The molecule has 0 atom stereocenters. The molecule has 0 heterocycles. The van der Waals surface area contributed by atoms with Gasteiger partial charge in [-0.25, -0.2) is 0 Å². The van der Waals surface area contributed by atoms with Crippen LogP contribution in [-0.2, 0) is 0 Å². The van der Waals surface area contributed by atoms with Gasteiger partial charge in [-0.05, 0) is 37.0 Å². The number of rotatable bonds is 8. The van der Waals surface area contributed by atoms with E-state index in [1.165, 1.54) is 58.2 Å². The summed E-state index contributed by atoms with van der Waals surface area (Å²) in [6.45, 7) is 13.1. The zero-order valence-electron chi connectivity index (χ0n) is 13.5. The molecule has 0 amide bonds. The Morgan fingerprint density at radius 2 is 1.74 bits per heavy atom. The maximum atomic E-state index is 3.72. The Balaban J connectivity index is 1.93. The summed E-state index contributed by atoms with van der Waals surface area (Å²) in [6.07, 6.45) is 8.66. The van der Waals surface area contributed by atoms with E-state index in [0.29, 0.717) is 11.5 Å². The van der Waals surface area contributed by atoms with Gasteiger partial charge in [0.2, 0.25) is 0 Å². The molecule has 0 spiro atoms. The summed E-state index contributed by atoms with van der Waals surface area (Å²) < 4.78 is 0. The second kappa shape index (κ2) is 6.58. The average molecular weight is 266 g/mol. The summed E-state index contributed by atoms with van der Waals surface area (Å²) in [6, 6.07) is 1.54. The zero-order valence-corrected chi connectivity index (χ0v) is 13.5. The molecule has 2 aliphatic carbocycles. The molecule has 0 aromatic heterocycles. The minimum Gasteiger partial charge on any atom is -0.314 e.